The first-order valence-electron chi connectivity index (χ1n) is 8.08. The lowest BCUT2D eigenvalue weighted by molar-refractivity contribution is 0.116. The van der Waals surface area contributed by atoms with Gasteiger partial charge in [0.2, 0.25) is 0 Å². The summed E-state index contributed by atoms with van der Waals surface area (Å²) in [4.78, 5) is 2.55. The number of halogens is 1. The lowest BCUT2D eigenvalue weighted by Crippen LogP contribution is -2.49. The van der Waals surface area contributed by atoms with Crippen LogP contribution in [-0.4, -0.2) is 35.2 Å². The van der Waals surface area contributed by atoms with Crippen LogP contribution in [0.25, 0.3) is 0 Å². The molecule has 122 valence electrons. The van der Waals surface area contributed by atoms with Crippen molar-refractivity contribution in [1.82, 2.24) is 15.5 Å². The summed E-state index contributed by atoms with van der Waals surface area (Å²) >= 11 is 5.31. The van der Waals surface area contributed by atoms with E-state index >= 15 is 0 Å². The largest absolute Gasteiger partial charge is 0.361 e. The predicted octanol–water partition coefficient (Wildman–Crippen LogP) is 3.05. The summed E-state index contributed by atoms with van der Waals surface area (Å²) in [5, 5.41) is 7.11. The summed E-state index contributed by atoms with van der Waals surface area (Å²) in [7, 11) is 0. The Morgan fingerprint density at radius 1 is 1.32 bits per heavy atom. The van der Waals surface area contributed by atoms with E-state index in [1.807, 2.05) is 0 Å². The van der Waals surface area contributed by atoms with E-state index in [1.54, 1.807) is 12.1 Å². The second kappa shape index (κ2) is 8.44. The van der Waals surface area contributed by atoms with Crippen LogP contribution >= 0.6 is 12.2 Å². The van der Waals surface area contributed by atoms with Gasteiger partial charge in [-0.15, -0.1) is 0 Å². The Bertz CT molecular complexity index is 477. The van der Waals surface area contributed by atoms with Crippen molar-refractivity contribution in [2.45, 2.75) is 51.7 Å². The minimum Gasteiger partial charge on any atom is -0.361 e. The quantitative estimate of drug-likeness (QED) is 0.815. The molecule has 0 radical (unpaired) electrons. The van der Waals surface area contributed by atoms with Gasteiger partial charge in [-0.05, 0) is 63.1 Å². The number of nitrogens with zero attached hydrogens (tertiary/aromatic N) is 1. The average Bonchev–Trinajstić information content (AvgIpc) is 2.52. The van der Waals surface area contributed by atoms with E-state index in [4.69, 9.17) is 12.2 Å². The van der Waals surface area contributed by atoms with E-state index < -0.39 is 0 Å². The molecule has 5 heteroatoms. The number of rotatable bonds is 5. The molecule has 0 amide bonds. The van der Waals surface area contributed by atoms with Crippen molar-refractivity contribution in [1.29, 1.82) is 0 Å². The first kappa shape index (κ1) is 17.2. The fourth-order valence-electron chi connectivity index (χ4n) is 2.98. The molecule has 1 fully saturated rings. The number of hydrogen-bond acceptors (Lipinski definition) is 2. The van der Waals surface area contributed by atoms with Crippen LogP contribution < -0.4 is 10.6 Å². The zero-order valence-electron chi connectivity index (χ0n) is 13.4. The van der Waals surface area contributed by atoms with Gasteiger partial charge in [0, 0.05) is 25.2 Å². The van der Waals surface area contributed by atoms with Crippen LogP contribution in [0.15, 0.2) is 24.3 Å². The van der Waals surface area contributed by atoms with Gasteiger partial charge in [0.05, 0.1) is 0 Å². The first-order valence-corrected chi connectivity index (χ1v) is 8.49. The SMILES string of the molecule is C[C@@H]1CCCCN1[C@@H](C)CNC(=S)NCc1ccc(F)cc1. The summed E-state index contributed by atoms with van der Waals surface area (Å²) in [5.74, 6) is -0.214. The van der Waals surface area contributed by atoms with E-state index in [2.05, 4.69) is 29.4 Å². The molecular weight excluding hydrogens is 297 g/mol. The van der Waals surface area contributed by atoms with Crippen molar-refractivity contribution in [2.75, 3.05) is 13.1 Å². The zero-order chi connectivity index (χ0) is 15.9. The molecular formula is C17H26FN3S. The summed E-state index contributed by atoms with van der Waals surface area (Å²) < 4.78 is 12.8. The summed E-state index contributed by atoms with van der Waals surface area (Å²) in [6, 6.07) is 7.60. The fraction of sp³-hybridized carbons (Fsp3) is 0.588. The summed E-state index contributed by atoms with van der Waals surface area (Å²) in [5.41, 5.74) is 1.02. The zero-order valence-corrected chi connectivity index (χ0v) is 14.3. The highest BCUT2D eigenvalue weighted by atomic mass is 32.1. The number of thiocarbonyl (C=S) groups is 1. The molecule has 1 aliphatic rings. The smallest absolute Gasteiger partial charge is 0.166 e. The number of likely N-dealkylation sites (tertiary alicyclic amines) is 1. The molecule has 3 nitrogen and oxygen atoms in total. The van der Waals surface area contributed by atoms with Crippen LogP contribution in [-0.2, 0) is 6.54 Å². The average molecular weight is 323 g/mol. The number of hydrogen-bond donors (Lipinski definition) is 2. The van der Waals surface area contributed by atoms with Crippen molar-refractivity contribution >= 4 is 17.3 Å². The van der Waals surface area contributed by atoms with Gasteiger partial charge in [0.15, 0.2) is 5.11 Å². The topological polar surface area (TPSA) is 27.3 Å². The standard InChI is InChI=1S/C17H26FN3S/c1-13-5-3-4-10-21(13)14(2)11-19-17(22)20-12-15-6-8-16(18)9-7-15/h6-9,13-14H,3-5,10-12H2,1-2H3,(H2,19,20,22)/t13-,14+/m1/s1. The first-order chi connectivity index (χ1) is 10.6. The third-order valence-corrected chi connectivity index (χ3v) is 4.63. The van der Waals surface area contributed by atoms with Gasteiger partial charge in [0.25, 0.3) is 0 Å². The highest BCUT2D eigenvalue weighted by molar-refractivity contribution is 7.80. The van der Waals surface area contributed by atoms with E-state index in [-0.39, 0.29) is 5.82 Å². The molecule has 2 rings (SSSR count). The van der Waals surface area contributed by atoms with Gasteiger partial charge in [-0.3, -0.25) is 4.90 Å². The van der Waals surface area contributed by atoms with Crippen molar-refractivity contribution < 1.29 is 4.39 Å². The van der Waals surface area contributed by atoms with Crippen molar-refractivity contribution in [2.24, 2.45) is 0 Å². The Hall–Kier alpha value is -1.20. The molecule has 0 spiro atoms. The van der Waals surface area contributed by atoms with E-state index in [1.165, 1.54) is 37.9 Å². The molecule has 0 aliphatic carbocycles. The molecule has 0 unspecified atom stereocenters. The lowest BCUT2D eigenvalue weighted by Gasteiger charge is -2.38. The molecule has 2 N–H and O–H groups in total. The Balaban J connectivity index is 1.69. The van der Waals surface area contributed by atoms with Crippen LogP contribution in [0.1, 0.15) is 38.7 Å². The molecule has 1 saturated heterocycles. The second-order valence-corrected chi connectivity index (χ2v) is 6.53. The minimum absolute atomic E-state index is 0.214. The molecule has 1 aliphatic heterocycles. The van der Waals surface area contributed by atoms with Crippen LogP contribution in [0.2, 0.25) is 0 Å². The van der Waals surface area contributed by atoms with Crippen LogP contribution in [0.5, 0.6) is 0 Å². The van der Waals surface area contributed by atoms with Crippen LogP contribution in [0.4, 0.5) is 4.39 Å². The maximum Gasteiger partial charge on any atom is 0.166 e. The number of piperidine rings is 1. The second-order valence-electron chi connectivity index (χ2n) is 6.12. The normalized spacial score (nSPS) is 20.4. The third kappa shape index (κ3) is 5.21. The van der Waals surface area contributed by atoms with Gasteiger partial charge in [-0.2, -0.15) is 0 Å². The van der Waals surface area contributed by atoms with E-state index in [0.717, 1.165) is 12.1 Å². The Morgan fingerprint density at radius 2 is 2.05 bits per heavy atom. The predicted molar refractivity (Wildman–Crippen MR) is 93.3 cm³/mol. The Labute approximate surface area is 138 Å². The van der Waals surface area contributed by atoms with Gasteiger partial charge in [-0.1, -0.05) is 18.6 Å². The van der Waals surface area contributed by atoms with Gasteiger partial charge in [-0.25, -0.2) is 4.39 Å². The van der Waals surface area contributed by atoms with Gasteiger partial charge < -0.3 is 10.6 Å². The molecule has 1 heterocycles. The molecule has 0 bridgehead atoms. The van der Waals surface area contributed by atoms with Gasteiger partial charge >= 0.3 is 0 Å². The maximum absolute atomic E-state index is 12.8. The summed E-state index contributed by atoms with van der Waals surface area (Å²) in [6.45, 7) is 7.19. The van der Waals surface area contributed by atoms with Gasteiger partial charge in [0.1, 0.15) is 5.82 Å². The van der Waals surface area contributed by atoms with E-state index in [0.29, 0.717) is 23.7 Å². The van der Waals surface area contributed by atoms with Crippen LogP contribution in [0.3, 0.4) is 0 Å². The number of benzene rings is 1. The van der Waals surface area contributed by atoms with Crippen molar-refractivity contribution in [3.05, 3.63) is 35.6 Å². The molecule has 2 atom stereocenters. The molecule has 0 aromatic heterocycles. The van der Waals surface area contributed by atoms with Crippen LogP contribution in [0, 0.1) is 5.82 Å². The highest BCUT2D eigenvalue weighted by Crippen LogP contribution is 2.18. The summed E-state index contributed by atoms with van der Waals surface area (Å²) in [6.07, 6.45) is 3.93. The highest BCUT2D eigenvalue weighted by Gasteiger charge is 2.22. The molecule has 0 saturated carbocycles. The van der Waals surface area contributed by atoms with Crippen molar-refractivity contribution in [3.8, 4) is 0 Å². The Morgan fingerprint density at radius 3 is 2.73 bits per heavy atom. The monoisotopic (exact) mass is 323 g/mol. The lowest BCUT2D eigenvalue weighted by atomic mass is 10.0. The Kier molecular flexibility index (Phi) is 6.58. The van der Waals surface area contributed by atoms with E-state index in [9.17, 15) is 4.39 Å². The third-order valence-electron chi connectivity index (χ3n) is 4.34. The number of nitrogens with one attached hydrogen (secondary N) is 2. The van der Waals surface area contributed by atoms with Crippen molar-refractivity contribution in [3.63, 3.8) is 0 Å². The molecule has 1 aromatic carbocycles. The minimum atomic E-state index is -0.214. The maximum atomic E-state index is 12.8. The molecule has 1 aromatic rings. The molecule has 22 heavy (non-hydrogen) atoms. The fourth-order valence-corrected chi connectivity index (χ4v) is 3.14.